The van der Waals surface area contributed by atoms with Gasteiger partial charge in [0.15, 0.2) is 0 Å². The molecule has 4 N–H and O–H groups in total. The lowest BCUT2D eigenvalue weighted by Gasteiger charge is -2.13. The van der Waals surface area contributed by atoms with E-state index in [1.165, 1.54) is 0 Å². The van der Waals surface area contributed by atoms with Crippen LogP contribution < -0.4 is 16.4 Å². The van der Waals surface area contributed by atoms with Gasteiger partial charge in [0, 0.05) is 25.4 Å². The SMILES string of the molecule is CC(CCN)CCC(=O)NCC1CCC(=O)N1. The van der Waals surface area contributed by atoms with Gasteiger partial charge < -0.3 is 16.4 Å². The highest BCUT2D eigenvalue weighted by molar-refractivity contribution is 5.79. The Hall–Kier alpha value is -1.10. The molecule has 2 amide bonds. The molecule has 1 fully saturated rings. The summed E-state index contributed by atoms with van der Waals surface area (Å²) < 4.78 is 0. The zero-order chi connectivity index (χ0) is 12.7. The Kier molecular flexibility index (Phi) is 5.97. The summed E-state index contributed by atoms with van der Waals surface area (Å²) in [5, 5.41) is 5.68. The summed E-state index contributed by atoms with van der Waals surface area (Å²) in [6.07, 6.45) is 3.78. The van der Waals surface area contributed by atoms with Crippen LogP contribution in [0.4, 0.5) is 0 Å². The third-order valence-corrected chi connectivity index (χ3v) is 3.15. The van der Waals surface area contributed by atoms with Gasteiger partial charge >= 0.3 is 0 Å². The minimum absolute atomic E-state index is 0.0648. The molecular weight excluding hydrogens is 218 g/mol. The zero-order valence-corrected chi connectivity index (χ0v) is 10.5. The second-order valence-corrected chi connectivity index (χ2v) is 4.83. The van der Waals surface area contributed by atoms with Crippen LogP contribution in [-0.4, -0.2) is 30.9 Å². The highest BCUT2D eigenvalue weighted by atomic mass is 16.2. The van der Waals surface area contributed by atoms with E-state index in [-0.39, 0.29) is 17.9 Å². The van der Waals surface area contributed by atoms with E-state index in [1.807, 2.05) is 0 Å². The van der Waals surface area contributed by atoms with E-state index in [2.05, 4.69) is 17.6 Å². The van der Waals surface area contributed by atoms with Crippen LogP contribution in [-0.2, 0) is 9.59 Å². The number of rotatable bonds is 7. The smallest absolute Gasteiger partial charge is 0.220 e. The van der Waals surface area contributed by atoms with Crippen molar-refractivity contribution >= 4 is 11.8 Å². The minimum atomic E-state index is 0.0648. The Labute approximate surface area is 103 Å². The Balaban J connectivity index is 2.07. The average molecular weight is 241 g/mol. The van der Waals surface area contributed by atoms with Crippen molar-refractivity contribution in [2.75, 3.05) is 13.1 Å². The lowest BCUT2D eigenvalue weighted by atomic mass is 10.0. The molecule has 1 saturated heterocycles. The zero-order valence-electron chi connectivity index (χ0n) is 10.5. The molecule has 1 aliphatic heterocycles. The number of nitrogens with two attached hydrogens (primary N) is 1. The molecule has 0 aliphatic carbocycles. The number of carbonyl (C=O) groups excluding carboxylic acids is 2. The molecule has 2 unspecified atom stereocenters. The lowest BCUT2D eigenvalue weighted by Crippen LogP contribution is -2.38. The molecule has 1 aliphatic rings. The molecule has 5 nitrogen and oxygen atoms in total. The summed E-state index contributed by atoms with van der Waals surface area (Å²) in [6.45, 7) is 3.34. The quantitative estimate of drug-likeness (QED) is 0.593. The van der Waals surface area contributed by atoms with Gasteiger partial charge in [-0.3, -0.25) is 9.59 Å². The molecule has 5 heteroatoms. The molecule has 0 aromatic carbocycles. The van der Waals surface area contributed by atoms with Gasteiger partial charge in [0.25, 0.3) is 0 Å². The normalized spacial score (nSPS) is 21.1. The van der Waals surface area contributed by atoms with Crippen LogP contribution in [0.3, 0.4) is 0 Å². The highest BCUT2D eigenvalue weighted by Crippen LogP contribution is 2.09. The van der Waals surface area contributed by atoms with Crippen LogP contribution >= 0.6 is 0 Å². The van der Waals surface area contributed by atoms with E-state index in [9.17, 15) is 9.59 Å². The number of carbonyl (C=O) groups is 2. The molecule has 0 spiro atoms. The maximum absolute atomic E-state index is 11.5. The monoisotopic (exact) mass is 241 g/mol. The summed E-state index contributed by atoms with van der Waals surface area (Å²) >= 11 is 0. The van der Waals surface area contributed by atoms with Crippen LogP contribution in [0.5, 0.6) is 0 Å². The Morgan fingerprint density at radius 3 is 2.94 bits per heavy atom. The van der Waals surface area contributed by atoms with Crippen molar-refractivity contribution in [2.45, 2.75) is 45.1 Å². The van der Waals surface area contributed by atoms with Crippen molar-refractivity contribution in [2.24, 2.45) is 11.7 Å². The molecule has 1 rings (SSSR count). The predicted octanol–water partition coefficient (Wildman–Crippen LogP) is 0.146. The summed E-state index contributed by atoms with van der Waals surface area (Å²) in [7, 11) is 0. The first-order valence-electron chi connectivity index (χ1n) is 6.38. The molecule has 0 aromatic heterocycles. The Morgan fingerprint density at radius 1 is 1.59 bits per heavy atom. The molecule has 0 aromatic rings. The third kappa shape index (κ3) is 5.68. The second kappa shape index (κ2) is 7.27. The molecule has 2 atom stereocenters. The molecule has 98 valence electrons. The molecule has 17 heavy (non-hydrogen) atoms. The van der Waals surface area contributed by atoms with Crippen molar-refractivity contribution in [1.82, 2.24) is 10.6 Å². The van der Waals surface area contributed by atoms with Gasteiger partial charge in [0.05, 0.1) is 0 Å². The standard InChI is InChI=1S/C12H23N3O2/c1-9(6-7-13)2-4-11(16)14-8-10-3-5-12(17)15-10/h9-10H,2-8,13H2,1H3,(H,14,16)(H,15,17). The fraction of sp³-hybridized carbons (Fsp3) is 0.833. The van der Waals surface area contributed by atoms with Crippen LogP contribution in [0.25, 0.3) is 0 Å². The van der Waals surface area contributed by atoms with Gasteiger partial charge in [0.2, 0.25) is 11.8 Å². The molecule has 0 bridgehead atoms. The maximum Gasteiger partial charge on any atom is 0.220 e. The van der Waals surface area contributed by atoms with E-state index >= 15 is 0 Å². The summed E-state index contributed by atoms with van der Waals surface area (Å²) in [5.74, 6) is 0.646. The van der Waals surface area contributed by atoms with E-state index in [0.717, 1.165) is 19.3 Å². The molecular formula is C12H23N3O2. The number of hydrogen-bond acceptors (Lipinski definition) is 3. The van der Waals surface area contributed by atoms with Crippen LogP contribution in [0.1, 0.15) is 39.0 Å². The van der Waals surface area contributed by atoms with Crippen molar-refractivity contribution in [1.29, 1.82) is 0 Å². The van der Waals surface area contributed by atoms with Crippen molar-refractivity contribution in [3.8, 4) is 0 Å². The topological polar surface area (TPSA) is 84.2 Å². The van der Waals surface area contributed by atoms with Crippen LogP contribution in [0.2, 0.25) is 0 Å². The first kappa shape index (κ1) is 14.0. The van der Waals surface area contributed by atoms with Gasteiger partial charge in [-0.15, -0.1) is 0 Å². The van der Waals surface area contributed by atoms with E-state index in [1.54, 1.807) is 0 Å². The molecule has 0 saturated carbocycles. The number of amides is 2. The first-order valence-corrected chi connectivity index (χ1v) is 6.38. The third-order valence-electron chi connectivity index (χ3n) is 3.15. The predicted molar refractivity (Wildman–Crippen MR) is 66.2 cm³/mol. The Bertz CT molecular complexity index is 268. The van der Waals surface area contributed by atoms with E-state index in [0.29, 0.717) is 31.8 Å². The number of hydrogen-bond donors (Lipinski definition) is 3. The van der Waals surface area contributed by atoms with Crippen LogP contribution in [0.15, 0.2) is 0 Å². The maximum atomic E-state index is 11.5. The van der Waals surface area contributed by atoms with Gasteiger partial charge in [0.1, 0.15) is 0 Å². The minimum Gasteiger partial charge on any atom is -0.354 e. The number of nitrogens with one attached hydrogen (secondary N) is 2. The van der Waals surface area contributed by atoms with Gasteiger partial charge in [-0.2, -0.15) is 0 Å². The fourth-order valence-corrected chi connectivity index (χ4v) is 1.96. The van der Waals surface area contributed by atoms with Crippen molar-refractivity contribution < 1.29 is 9.59 Å². The van der Waals surface area contributed by atoms with E-state index < -0.39 is 0 Å². The lowest BCUT2D eigenvalue weighted by molar-refractivity contribution is -0.122. The van der Waals surface area contributed by atoms with Crippen molar-refractivity contribution in [3.05, 3.63) is 0 Å². The van der Waals surface area contributed by atoms with Gasteiger partial charge in [-0.1, -0.05) is 6.92 Å². The molecule has 1 heterocycles. The van der Waals surface area contributed by atoms with Gasteiger partial charge in [-0.25, -0.2) is 0 Å². The summed E-state index contributed by atoms with van der Waals surface area (Å²) in [6, 6.07) is 0.118. The Morgan fingerprint density at radius 2 is 2.35 bits per heavy atom. The average Bonchev–Trinajstić information content (AvgIpc) is 2.70. The van der Waals surface area contributed by atoms with Crippen LogP contribution in [0, 0.1) is 5.92 Å². The summed E-state index contributed by atoms with van der Waals surface area (Å²) in [5.41, 5.74) is 5.45. The highest BCUT2D eigenvalue weighted by Gasteiger charge is 2.20. The largest absolute Gasteiger partial charge is 0.354 e. The summed E-state index contributed by atoms with van der Waals surface area (Å²) in [4.78, 5) is 22.5. The second-order valence-electron chi connectivity index (χ2n) is 4.83. The van der Waals surface area contributed by atoms with Crippen molar-refractivity contribution in [3.63, 3.8) is 0 Å². The first-order chi connectivity index (χ1) is 8.11. The fourth-order valence-electron chi connectivity index (χ4n) is 1.96. The van der Waals surface area contributed by atoms with E-state index in [4.69, 9.17) is 5.73 Å². The van der Waals surface area contributed by atoms with Gasteiger partial charge in [-0.05, 0) is 31.7 Å². The molecule has 0 radical (unpaired) electrons.